The van der Waals surface area contributed by atoms with E-state index in [-0.39, 0.29) is 19.4 Å². The van der Waals surface area contributed by atoms with E-state index in [0.717, 1.165) is 44.9 Å². The number of ether oxygens (including phenoxy) is 2. The van der Waals surface area contributed by atoms with Gasteiger partial charge in [-0.05, 0) is 38.5 Å². The first-order chi connectivity index (χ1) is 29.6. The summed E-state index contributed by atoms with van der Waals surface area (Å²) in [6.45, 7) is 2.85. The summed E-state index contributed by atoms with van der Waals surface area (Å²) in [6.07, 6.45) is 47.0. The number of aliphatic carboxylic acids is 1. The highest BCUT2D eigenvalue weighted by Crippen LogP contribution is 2.43. The van der Waals surface area contributed by atoms with E-state index in [2.05, 4.69) is 30.5 Å². The molecule has 0 aromatic heterocycles. The molecule has 0 spiro atoms. The lowest BCUT2D eigenvalue weighted by molar-refractivity contribution is -0.161. The maximum Gasteiger partial charge on any atom is 0.472 e. The van der Waals surface area contributed by atoms with Crippen LogP contribution in [0.4, 0.5) is 0 Å². The number of rotatable bonds is 48. The Balaban J connectivity index is 4.22. The Morgan fingerprint density at radius 1 is 0.492 bits per heavy atom. The third-order valence-electron chi connectivity index (χ3n) is 11.3. The van der Waals surface area contributed by atoms with Gasteiger partial charge >= 0.3 is 25.7 Å². The summed E-state index contributed by atoms with van der Waals surface area (Å²) in [5, 5.41) is 8.91. The molecule has 0 bridgehead atoms. The standard InChI is InChI=1S/C49H94NO10P/c1-3-5-7-9-11-13-15-17-19-21-22-23-25-26-28-30-32-34-36-38-40-47(51)57-42-45(43-58-61(55,56)59-44-46(50)49(53)54)60-48(52)41-39-37-35-33-31-29-27-24-20-18-16-14-12-10-8-6-4-2/h18,20,45-46H,3-17,19,21-44,50H2,1-2H3,(H,53,54)(H,55,56)/b20-18+/t45-,46+/m1/s1. The molecule has 0 aromatic rings. The number of carbonyl (C=O) groups is 3. The third kappa shape index (κ3) is 44.6. The van der Waals surface area contributed by atoms with Crippen LogP contribution in [-0.4, -0.2) is 59.9 Å². The first kappa shape index (κ1) is 59.2. The van der Waals surface area contributed by atoms with E-state index >= 15 is 0 Å². The van der Waals surface area contributed by atoms with Crippen molar-refractivity contribution in [3.05, 3.63) is 12.2 Å². The lowest BCUT2D eigenvalue weighted by atomic mass is 10.0. The van der Waals surface area contributed by atoms with Gasteiger partial charge in [0.15, 0.2) is 6.10 Å². The first-order valence-corrected chi connectivity index (χ1v) is 26.7. The summed E-state index contributed by atoms with van der Waals surface area (Å²) in [6, 6.07) is -1.52. The smallest absolute Gasteiger partial charge is 0.472 e. The zero-order valence-electron chi connectivity index (χ0n) is 39.3. The van der Waals surface area contributed by atoms with Gasteiger partial charge in [0.25, 0.3) is 0 Å². The van der Waals surface area contributed by atoms with Crippen molar-refractivity contribution in [3.8, 4) is 0 Å². The molecule has 0 saturated carbocycles. The number of phosphoric ester groups is 1. The van der Waals surface area contributed by atoms with E-state index in [1.54, 1.807) is 0 Å². The quantitative estimate of drug-likeness (QED) is 0.0230. The zero-order valence-corrected chi connectivity index (χ0v) is 40.2. The van der Waals surface area contributed by atoms with Crippen LogP contribution in [0.15, 0.2) is 12.2 Å². The molecule has 0 radical (unpaired) electrons. The number of carbonyl (C=O) groups excluding carboxylic acids is 2. The molecule has 0 aliphatic carbocycles. The molecule has 1 unspecified atom stereocenters. The second-order valence-electron chi connectivity index (χ2n) is 17.3. The fourth-order valence-corrected chi connectivity index (χ4v) is 8.08. The largest absolute Gasteiger partial charge is 0.480 e. The minimum absolute atomic E-state index is 0.161. The Morgan fingerprint density at radius 2 is 0.820 bits per heavy atom. The normalized spacial score (nSPS) is 13.6. The van der Waals surface area contributed by atoms with Gasteiger partial charge in [0.05, 0.1) is 13.2 Å². The van der Waals surface area contributed by atoms with Crippen LogP contribution in [0.25, 0.3) is 0 Å². The summed E-state index contributed by atoms with van der Waals surface area (Å²) in [5.41, 5.74) is 5.35. The fraction of sp³-hybridized carbons (Fsp3) is 0.898. The number of nitrogens with two attached hydrogens (primary N) is 1. The van der Waals surface area contributed by atoms with E-state index in [1.807, 2.05) is 0 Å². The number of carboxylic acids is 1. The lowest BCUT2D eigenvalue weighted by Gasteiger charge is -2.20. The van der Waals surface area contributed by atoms with Gasteiger partial charge in [-0.15, -0.1) is 0 Å². The van der Waals surface area contributed by atoms with E-state index < -0.39 is 51.1 Å². The summed E-state index contributed by atoms with van der Waals surface area (Å²) >= 11 is 0. The molecule has 0 aliphatic heterocycles. The molecule has 0 fully saturated rings. The second-order valence-corrected chi connectivity index (χ2v) is 18.8. The Hall–Kier alpha value is -1.78. The molecule has 0 aromatic carbocycles. The molecular formula is C49H94NO10P. The molecule has 0 rings (SSSR count). The second kappa shape index (κ2) is 44.8. The van der Waals surface area contributed by atoms with Crippen LogP contribution in [0.2, 0.25) is 0 Å². The average Bonchev–Trinajstić information content (AvgIpc) is 3.24. The maximum absolute atomic E-state index is 12.7. The minimum atomic E-state index is -4.72. The highest BCUT2D eigenvalue weighted by atomic mass is 31.2. The molecular weight excluding hydrogens is 794 g/mol. The third-order valence-corrected chi connectivity index (χ3v) is 12.2. The fourth-order valence-electron chi connectivity index (χ4n) is 7.30. The molecule has 0 amide bonds. The van der Waals surface area contributed by atoms with Crippen LogP contribution < -0.4 is 5.73 Å². The van der Waals surface area contributed by atoms with Crippen molar-refractivity contribution in [2.75, 3.05) is 19.8 Å². The summed E-state index contributed by atoms with van der Waals surface area (Å²) in [4.78, 5) is 46.1. The molecule has 360 valence electrons. The first-order valence-electron chi connectivity index (χ1n) is 25.2. The Bertz CT molecular complexity index is 1090. The predicted molar refractivity (Wildman–Crippen MR) is 249 cm³/mol. The molecule has 0 aliphatic rings. The molecule has 11 nitrogen and oxygen atoms in total. The monoisotopic (exact) mass is 888 g/mol. The van der Waals surface area contributed by atoms with Crippen molar-refractivity contribution in [1.29, 1.82) is 0 Å². The molecule has 61 heavy (non-hydrogen) atoms. The van der Waals surface area contributed by atoms with Gasteiger partial charge in [0.1, 0.15) is 12.6 Å². The van der Waals surface area contributed by atoms with Gasteiger partial charge in [-0.1, -0.05) is 212 Å². The molecule has 12 heteroatoms. The van der Waals surface area contributed by atoms with Crippen LogP contribution in [0.1, 0.15) is 251 Å². The van der Waals surface area contributed by atoms with Gasteiger partial charge in [0.2, 0.25) is 0 Å². The van der Waals surface area contributed by atoms with Crippen LogP contribution in [0, 0.1) is 0 Å². The van der Waals surface area contributed by atoms with Gasteiger partial charge in [0, 0.05) is 12.8 Å². The van der Waals surface area contributed by atoms with Crippen LogP contribution >= 0.6 is 7.82 Å². The van der Waals surface area contributed by atoms with Gasteiger partial charge in [-0.3, -0.25) is 23.4 Å². The van der Waals surface area contributed by atoms with E-state index in [0.29, 0.717) is 12.8 Å². The topological polar surface area (TPSA) is 172 Å². The summed E-state index contributed by atoms with van der Waals surface area (Å²) in [7, 11) is -4.72. The van der Waals surface area contributed by atoms with Crippen molar-refractivity contribution in [2.24, 2.45) is 5.73 Å². The average molecular weight is 888 g/mol. The summed E-state index contributed by atoms with van der Waals surface area (Å²) in [5.74, 6) is -2.36. The van der Waals surface area contributed by atoms with Crippen LogP contribution in [-0.2, 0) is 37.5 Å². The van der Waals surface area contributed by atoms with Crippen LogP contribution in [0.5, 0.6) is 0 Å². The van der Waals surface area contributed by atoms with Crippen molar-refractivity contribution < 1.29 is 47.5 Å². The SMILES string of the molecule is CCCCCCCC/C=C/CCCCCCCCCC(=O)O[C@H](COC(=O)CCCCCCCCCCCCCCCCCCCCCC)COP(=O)(O)OC[C@H](N)C(=O)O. The highest BCUT2D eigenvalue weighted by Gasteiger charge is 2.28. The maximum atomic E-state index is 12.7. The van der Waals surface area contributed by atoms with Crippen molar-refractivity contribution in [3.63, 3.8) is 0 Å². The molecule has 4 N–H and O–H groups in total. The number of phosphoric acid groups is 1. The lowest BCUT2D eigenvalue weighted by Crippen LogP contribution is -2.34. The van der Waals surface area contributed by atoms with E-state index in [1.165, 1.54) is 167 Å². The summed E-state index contributed by atoms with van der Waals surface area (Å²) < 4.78 is 32.8. The number of hydrogen-bond acceptors (Lipinski definition) is 9. The number of hydrogen-bond donors (Lipinski definition) is 3. The zero-order chi connectivity index (χ0) is 44.9. The number of allylic oxidation sites excluding steroid dienone is 2. The van der Waals surface area contributed by atoms with Crippen LogP contribution in [0.3, 0.4) is 0 Å². The highest BCUT2D eigenvalue weighted by molar-refractivity contribution is 7.47. The predicted octanol–water partition coefficient (Wildman–Crippen LogP) is 14.0. The number of esters is 2. The van der Waals surface area contributed by atoms with Gasteiger partial charge in [-0.2, -0.15) is 0 Å². The van der Waals surface area contributed by atoms with Gasteiger partial charge < -0.3 is 25.2 Å². The Morgan fingerprint density at radius 3 is 1.20 bits per heavy atom. The van der Waals surface area contributed by atoms with Crippen molar-refractivity contribution in [2.45, 2.75) is 264 Å². The molecule has 3 atom stereocenters. The molecule has 0 saturated heterocycles. The Kier molecular flexibility index (Phi) is 43.5. The Labute approximate surface area is 373 Å². The minimum Gasteiger partial charge on any atom is -0.480 e. The number of carboxylic acid groups (broad SMARTS) is 1. The van der Waals surface area contributed by atoms with E-state index in [9.17, 15) is 23.8 Å². The van der Waals surface area contributed by atoms with E-state index in [4.69, 9.17) is 24.8 Å². The molecule has 0 heterocycles. The van der Waals surface area contributed by atoms with Crippen molar-refractivity contribution >= 4 is 25.7 Å². The van der Waals surface area contributed by atoms with Gasteiger partial charge in [-0.25, -0.2) is 4.57 Å². The number of unbranched alkanes of at least 4 members (excludes halogenated alkanes) is 32. The van der Waals surface area contributed by atoms with Crippen molar-refractivity contribution in [1.82, 2.24) is 0 Å².